The first kappa shape index (κ1) is 34.6. The smallest absolute Gasteiger partial charge is 0.264 e. The zero-order valence-electron chi connectivity index (χ0n) is 28.4. The fourth-order valence-corrected chi connectivity index (χ4v) is 11.4. The van der Waals surface area contributed by atoms with E-state index in [-0.39, 0.29) is 49.8 Å². The average molecular weight is 762 g/mol. The number of anilines is 2. The van der Waals surface area contributed by atoms with Crippen molar-refractivity contribution in [2.75, 3.05) is 23.4 Å². The Balaban J connectivity index is 1.12. The maximum atomic E-state index is 16.3. The number of likely N-dealkylation sites (tertiary alicyclic amines) is 1. The van der Waals surface area contributed by atoms with Crippen LogP contribution < -0.4 is 10.2 Å². The number of nitrogens with one attached hydrogen (secondary N) is 2. The molecule has 0 bridgehead atoms. The molecule has 7 rings (SSSR count). The first-order valence-corrected chi connectivity index (χ1v) is 21.0. The van der Waals surface area contributed by atoms with Crippen molar-refractivity contribution in [3.8, 4) is 0 Å². The highest BCUT2D eigenvalue weighted by Gasteiger charge is 2.67. The Hall–Kier alpha value is -3.84. The van der Waals surface area contributed by atoms with Gasteiger partial charge < -0.3 is 34.1 Å². The number of ether oxygens (including phenoxy) is 1. The summed E-state index contributed by atoms with van der Waals surface area (Å²) in [6, 6.07) is 20.7. The minimum absolute atomic E-state index is 0.0439. The van der Waals surface area contributed by atoms with E-state index < -0.39 is 31.6 Å². The number of amides is 3. The highest BCUT2D eigenvalue weighted by Crippen LogP contribution is 2.60. The molecule has 4 aromatic rings. The standard InChI is InChI=1S/C38H42BrFN4O5Si/c1-23-36(50(2,3)40)33(19-35(47)43-16-6-7-28(43)22-45)49-38(23)30-18-26(39)12-15-32(30)44(37(38)48)21-24-10-13-27(14-11-24)42-34(46)17-25-20-41-31-9-5-4-8-29(25)31/h4-5,8-15,18,20,23,28,33,36,41,45H,6-7,16-17,19,21-22H2,1-3H3,(H,42,46)/t23-,28+,33+,36-,38+/m1/s1. The average Bonchev–Trinajstić information content (AvgIpc) is 3.84. The Morgan fingerprint density at radius 2 is 1.90 bits per heavy atom. The van der Waals surface area contributed by atoms with Crippen LogP contribution in [0.3, 0.4) is 0 Å². The van der Waals surface area contributed by atoms with Gasteiger partial charge in [0.15, 0.2) is 5.60 Å². The number of halogens is 2. The summed E-state index contributed by atoms with van der Waals surface area (Å²) in [5.41, 5.74) is 2.68. The van der Waals surface area contributed by atoms with Crippen LogP contribution in [0.4, 0.5) is 15.5 Å². The van der Waals surface area contributed by atoms with Crippen LogP contribution in [0, 0.1) is 5.92 Å². The van der Waals surface area contributed by atoms with Crippen LogP contribution in [0.1, 0.15) is 42.9 Å². The lowest BCUT2D eigenvalue weighted by Gasteiger charge is -2.31. The second-order valence-corrected chi connectivity index (χ2v) is 19.1. The number of fused-ring (bicyclic) bond motifs is 3. The number of carbonyl (C=O) groups is 3. The summed E-state index contributed by atoms with van der Waals surface area (Å²) in [5.74, 6) is -1.12. The van der Waals surface area contributed by atoms with Crippen LogP contribution in [0.5, 0.6) is 0 Å². The van der Waals surface area contributed by atoms with Crippen LogP contribution in [-0.2, 0) is 37.7 Å². The van der Waals surface area contributed by atoms with Crippen LogP contribution in [0.2, 0.25) is 18.6 Å². The molecule has 0 unspecified atom stereocenters. The second-order valence-electron chi connectivity index (χ2n) is 14.4. The van der Waals surface area contributed by atoms with Gasteiger partial charge in [0, 0.05) is 50.8 Å². The summed E-state index contributed by atoms with van der Waals surface area (Å²) in [7, 11) is -3.45. The van der Waals surface area contributed by atoms with E-state index in [0.29, 0.717) is 23.5 Å². The lowest BCUT2D eigenvalue weighted by molar-refractivity contribution is -0.150. The number of aromatic nitrogens is 1. The fourth-order valence-electron chi connectivity index (χ4n) is 8.55. The van der Waals surface area contributed by atoms with Gasteiger partial charge in [-0.15, -0.1) is 0 Å². The molecule has 2 saturated heterocycles. The van der Waals surface area contributed by atoms with Gasteiger partial charge in [-0.1, -0.05) is 53.2 Å². The van der Waals surface area contributed by atoms with E-state index in [1.165, 1.54) is 0 Å². The van der Waals surface area contributed by atoms with Crippen molar-refractivity contribution in [3.63, 3.8) is 0 Å². The summed E-state index contributed by atoms with van der Waals surface area (Å²) in [6.45, 7) is 5.81. The number of para-hydroxylation sites is 1. The molecule has 3 aliphatic heterocycles. The molecular weight excluding hydrogens is 719 g/mol. The lowest BCUT2D eigenvalue weighted by Crippen LogP contribution is -2.45. The van der Waals surface area contributed by atoms with E-state index in [9.17, 15) is 19.5 Å². The number of benzene rings is 3. The van der Waals surface area contributed by atoms with E-state index in [0.717, 1.165) is 39.3 Å². The lowest BCUT2D eigenvalue weighted by atomic mass is 9.82. The number of nitrogens with zero attached hydrogens (tertiary/aromatic N) is 2. The van der Waals surface area contributed by atoms with Crippen molar-refractivity contribution in [2.24, 2.45) is 5.92 Å². The van der Waals surface area contributed by atoms with Gasteiger partial charge in [0.25, 0.3) is 5.91 Å². The molecule has 3 aromatic carbocycles. The van der Waals surface area contributed by atoms with Gasteiger partial charge in [0.05, 0.1) is 43.8 Å². The minimum Gasteiger partial charge on any atom is -0.394 e. The molecule has 2 fully saturated rings. The Bertz CT molecular complexity index is 1950. The highest BCUT2D eigenvalue weighted by atomic mass is 79.9. The molecule has 262 valence electrons. The van der Waals surface area contributed by atoms with Crippen molar-refractivity contribution in [3.05, 3.63) is 94.1 Å². The van der Waals surface area contributed by atoms with Gasteiger partial charge in [-0.3, -0.25) is 14.4 Å². The second kappa shape index (κ2) is 13.4. The first-order valence-electron chi connectivity index (χ1n) is 17.2. The number of aliphatic hydroxyl groups excluding tert-OH is 1. The van der Waals surface area contributed by atoms with Gasteiger partial charge in [-0.2, -0.15) is 0 Å². The summed E-state index contributed by atoms with van der Waals surface area (Å²) in [6.07, 6.45) is 2.80. The summed E-state index contributed by atoms with van der Waals surface area (Å²) in [4.78, 5) is 47.8. The third kappa shape index (κ3) is 6.10. The van der Waals surface area contributed by atoms with Crippen molar-refractivity contribution in [1.29, 1.82) is 0 Å². The van der Waals surface area contributed by atoms with Crippen molar-refractivity contribution >= 4 is 64.3 Å². The molecule has 3 N–H and O–H groups in total. The molecule has 9 nitrogen and oxygen atoms in total. The maximum Gasteiger partial charge on any atom is 0.264 e. The predicted octanol–water partition coefficient (Wildman–Crippen LogP) is 6.81. The molecule has 0 radical (unpaired) electrons. The van der Waals surface area contributed by atoms with E-state index in [4.69, 9.17) is 4.74 Å². The molecule has 0 saturated carbocycles. The Kier molecular flexibility index (Phi) is 9.25. The van der Waals surface area contributed by atoms with Crippen molar-refractivity contribution in [1.82, 2.24) is 9.88 Å². The molecule has 4 heterocycles. The van der Waals surface area contributed by atoms with E-state index in [2.05, 4.69) is 26.2 Å². The summed E-state index contributed by atoms with van der Waals surface area (Å²) >= 11 is 3.58. The topological polar surface area (TPSA) is 115 Å². The number of carbonyl (C=O) groups excluding carboxylic acids is 3. The van der Waals surface area contributed by atoms with Crippen molar-refractivity contribution < 1.29 is 28.3 Å². The molecular formula is C38H42BrFN4O5Si. The Morgan fingerprint density at radius 3 is 2.64 bits per heavy atom. The van der Waals surface area contributed by atoms with Gasteiger partial charge >= 0.3 is 0 Å². The predicted molar refractivity (Wildman–Crippen MR) is 197 cm³/mol. The number of H-pyrrole nitrogens is 1. The van der Waals surface area contributed by atoms with Crippen LogP contribution in [0.25, 0.3) is 10.9 Å². The zero-order chi connectivity index (χ0) is 35.4. The highest BCUT2D eigenvalue weighted by molar-refractivity contribution is 9.10. The monoisotopic (exact) mass is 760 g/mol. The fraction of sp³-hybridized carbons (Fsp3) is 0.395. The Labute approximate surface area is 300 Å². The molecule has 3 amide bonds. The largest absolute Gasteiger partial charge is 0.394 e. The third-order valence-electron chi connectivity index (χ3n) is 10.8. The van der Waals surface area contributed by atoms with Gasteiger partial charge in [0.1, 0.15) is 0 Å². The number of rotatable bonds is 9. The van der Waals surface area contributed by atoms with E-state index >= 15 is 4.11 Å². The first-order chi connectivity index (χ1) is 23.9. The minimum atomic E-state index is -3.45. The number of aliphatic hydroxyl groups is 1. The molecule has 0 aliphatic carbocycles. The molecule has 12 heteroatoms. The van der Waals surface area contributed by atoms with Crippen LogP contribution in [0.15, 0.2) is 77.4 Å². The number of hydrogen-bond donors (Lipinski definition) is 3. The van der Waals surface area contributed by atoms with Gasteiger partial charge in [-0.25, -0.2) is 0 Å². The molecule has 5 atom stereocenters. The summed E-state index contributed by atoms with van der Waals surface area (Å²) < 4.78 is 23.8. The molecule has 1 spiro atoms. The van der Waals surface area contributed by atoms with Crippen molar-refractivity contribution in [2.45, 2.75) is 75.5 Å². The summed E-state index contributed by atoms with van der Waals surface area (Å²) in [5, 5.41) is 13.8. The normalized spacial score (nSPS) is 24.8. The zero-order valence-corrected chi connectivity index (χ0v) is 31.0. The SMILES string of the molecule is C[C@@H]1[C@@H]([Si](C)(C)F)[C@H](CC(=O)N2CCC[C@H]2CO)O[C@@]12C(=O)N(Cc1ccc(NC(=O)Cc3c[nH]c4ccccc34)cc1)c1ccc(Br)cc12. The molecule has 50 heavy (non-hydrogen) atoms. The van der Waals surface area contributed by atoms with Gasteiger partial charge in [-0.05, 0) is 73.5 Å². The van der Waals surface area contributed by atoms with Gasteiger partial charge in [0.2, 0.25) is 20.2 Å². The van der Waals surface area contributed by atoms with Crippen LogP contribution in [-0.4, -0.2) is 66.4 Å². The molecule has 1 aromatic heterocycles. The number of aromatic amines is 1. The Morgan fingerprint density at radius 1 is 1.14 bits per heavy atom. The third-order valence-corrected chi connectivity index (χ3v) is 13.8. The maximum absolute atomic E-state index is 16.3. The van der Waals surface area contributed by atoms with Crippen LogP contribution >= 0.6 is 15.9 Å². The number of hydrogen-bond acceptors (Lipinski definition) is 5. The van der Waals surface area contributed by atoms with E-state index in [1.54, 1.807) is 22.9 Å². The molecule has 3 aliphatic rings. The quantitative estimate of drug-likeness (QED) is 0.128. The van der Waals surface area contributed by atoms with E-state index in [1.807, 2.05) is 79.9 Å².